The van der Waals surface area contributed by atoms with Crippen LogP contribution in [0.25, 0.3) is 0 Å². The minimum absolute atomic E-state index is 0.0846. The van der Waals surface area contributed by atoms with Crippen molar-refractivity contribution in [1.82, 2.24) is 0 Å². The van der Waals surface area contributed by atoms with Gasteiger partial charge in [0.15, 0.2) is 0 Å². The van der Waals surface area contributed by atoms with Gasteiger partial charge in [0.05, 0.1) is 13.1 Å². The third-order valence-electron chi connectivity index (χ3n) is 2.77. The number of anilines is 1. The molecular weight excluding hydrogens is 250 g/mol. The molecule has 1 N–H and O–H groups in total. The Morgan fingerprint density at radius 3 is 2.35 bits per heavy atom. The second-order valence-corrected chi connectivity index (χ2v) is 4.42. The Morgan fingerprint density at radius 2 is 1.60 bits per heavy atom. The van der Waals surface area contributed by atoms with E-state index in [0.717, 1.165) is 16.8 Å². The second-order valence-electron chi connectivity index (χ2n) is 4.42. The number of nitrogens with zero attached hydrogens (tertiary/aromatic N) is 2. The maximum absolute atomic E-state index is 11.1. The van der Waals surface area contributed by atoms with E-state index in [2.05, 4.69) is 15.5 Å². The highest BCUT2D eigenvalue weighted by atomic mass is 16.1. The molecule has 2 rings (SSSR count). The van der Waals surface area contributed by atoms with E-state index >= 15 is 0 Å². The standard InChI is InChI=1S/C16H17N3O/c1-13(20)19-16-10-6-5-9-15(16)12-18-17-11-14-7-3-2-4-8-14/h2-10H,11-12H2,1H3,(H,19,20). The molecule has 0 fully saturated rings. The van der Waals surface area contributed by atoms with Crippen LogP contribution in [0.3, 0.4) is 0 Å². The summed E-state index contributed by atoms with van der Waals surface area (Å²) in [7, 11) is 0. The quantitative estimate of drug-likeness (QED) is 0.823. The zero-order chi connectivity index (χ0) is 14.2. The third-order valence-corrected chi connectivity index (χ3v) is 2.77. The molecule has 20 heavy (non-hydrogen) atoms. The van der Waals surface area contributed by atoms with E-state index in [1.165, 1.54) is 6.92 Å². The molecule has 0 unspecified atom stereocenters. The fourth-order valence-corrected chi connectivity index (χ4v) is 1.81. The first-order valence-corrected chi connectivity index (χ1v) is 6.48. The highest BCUT2D eigenvalue weighted by Crippen LogP contribution is 2.16. The molecular formula is C16H17N3O. The first kappa shape index (κ1) is 13.9. The number of hydrogen-bond acceptors (Lipinski definition) is 3. The molecule has 0 aliphatic rings. The zero-order valence-electron chi connectivity index (χ0n) is 11.4. The van der Waals surface area contributed by atoms with Crippen molar-refractivity contribution in [3.63, 3.8) is 0 Å². The molecule has 0 saturated heterocycles. The van der Waals surface area contributed by atoms with Crippen LogP contribution in [0.5, 0.6) is 0 Å². The predicted molar refractivity (Wildman–Crippen MR) is 79.5 cm³/mol. The lowest BCUT2D eigenvalue weighted by Crippen LogP contribution is -2.07. The van der Waals surface area contributed by atoms with E-state index in [-0.39, 0.29) is 5.91 Å². The lowest BCUT2D eigenvalue weighted by atomic mass is 10.2. The van der Waals surface area contributed by atoms with Gasteiger partial charge in [-0.05, 0) is 17.2 Å². The fourth-order valence-electron chi connectivity index (χ4n) is 1.81. The summed E-state index contributed by atoms with van der Waals surface area (Å²) in [6, 6.07) is 17.6. The number of carbonyl (C=O) groups is 1. The minimum Gasteiger partial charge on any atom is -0.326 e. The maximum Gasteiger partial charge on any atom is 0.221 e. The molecule has 2 aromatic carbocycles. The van der Waals surface area contributed by atoms with Gasteiger partial charge in [0.1, 0.15) is 0 Å². The highest BCUT2D eigenvalue weighted by molar-refractivity contribution is 5.89. The van der Waals surface area contributed by atoms with Gasteiger partial charge in [-0.25, -0.2) is 0 Å². The van der Waals surface area contributed by atoms with Gasteiger partial charge in [-0.2, -0.15) is 10.2 Å². The van der Waals surface area contributed by atoms with Gasteiger partial charge in [-0.1, -0.05) is 48.5 Å². The molecule has 2 aromatic rings. The van der Waals surface area contributed by atoms with Gasteiger partial charge in [0.2, 0.25) is 5.91 Å². The number of benzene rings is 2. The summed E-state index contributed by atoms with van der Waals surface area (Å²) in [6.45, 7) is 2.53. The van der Waals surface area contributed by atoms with Crippen molar-refractivity contribution in [2.24, 2.45) is 10.2 Å². The van der Waals surface area contributed by atoms with E-state index in [1.807, 2.05) is 54.6 Å². The van der Waals surface area contributed by atoms with Crippen molar-refractivity contribution < 1.29 is 4.79 Å². The first-order valence-electron chi connectivity index (χ1n) is 6.48. The summed E-state index contributed by atoms with van der Waals surface area (Å²) in [5.41, 5.74) is 2.88. The van der Waals surface area contributed by atoms with Gasteiger partial charge >= 0.3 is 0 Å². The topological polar surface area (TPSA) is 53.8 Å². The van der Waals surface area contributed by atoms with Crippen molar-refractivity contribution in [2.45, 2.75) is 20.0 Å². The van der Waals surface area contributed by atoms with E-state index in [0.29, 0.717) is 13.1 Å². The van der Waals surface area contributed by atoms with Crippen LogP contribution in [0.15, 0.2) is 64.8 Å². The van der Waals surface area contributed by atoms with Gasteiger partial charge in [-0.15, -0.1) is 0 Å². The Hall–Kier alpha value is -2.49. The molecule has 0 aliphatic carbocycles. The van der Waals surface area contributed by atoms with Crippen LogP contribution in [-0.2, 0) is 17.9 Å². The van der Waals surface area contributed by atoms with Gasteiger partial charge in [0.25, 0.3) is 0 Å². The van der Waals surface area contributed by atoms with Crippen molar-refractivity contribution >= 4 is 11.6 Å². The van der Waals surface area contributed by atoms with E-state index < -0.39 is 0 Å². The molecule has 0 radical (unpaired) electrons. The van der Waals surface area contributed by atoms with Crippen LogP contribution in [0.1, 0.15) is 18.1 Å². The molecule has 102 valence electrons. The van der Waals surface area contributed by atoms with E-state index in [4.69, 9.17) is 0 Å². The summed E-state index contributed by atoms with van der Waals surface area (Å²) in [6.07, 6.45) is 0. The number of azo groups is 1. The molecule has 0 atom stereocenters. The summed E-state index contributed by atoms with van der Waals surface area (Å²) >= 11 is 0. The zero-order valence-corrected chi connectivity index (χ0v) is 11.4. The van der Waals surface area contributed by atoms with Crippen LogP contribution in [0, 0.1) is 0 Å². The molecule has 0 spiro atoms. The van der Waals surface area contributed by atoms with Crippen LogP contribution in [0.4, 0.5) is 5.69 Å². The summed E-state index contributed by atoms with van der Waals surface area (Å²) in [5.74, 6) is -0.0846. The Morgan fingerprint density at radius 1 is 0.950 bits per heavy atom. The minimum atomic E-state index is -0.0846. The summed E-state index contributed by atoms with van der Waals surface area (Å²) < 4.78 is 0. The highest BCUT2D eigenvalue weighted by Gasteiger charge is 2.01. The molecule has 4 heteroatoms. The van der Waals surface area contributed by atoms with Crippen molar-refractivity contribution in [1.29, 1.82) is 0 Å². The normalized spacial score (nSPS) is 10.7. The number of nitrogens with one attached hydrogen (secondary N) is 1. The van der Waals surface area contributed by atoms with Gasteiger partial charge in [0, 0.05) is 12.6 Å². The number of para-hydroxylation sites is 1. The van der Waals surface area contributed by atoms with Crippen LogP contribution >= 0.6 is 0 Å². The van der Waals surface area contributed by atoms with Crippen molar-refractivity contribution in [2.75, 3.05) is 5.32 Å². The molecule has 0 bridgehead atoms. The largest absolute Gasteiger partial charge is 0.326 e. The molecule has 0 heterocycles. The average Bonchev–Trinajstić information content (AvgIpc) is 2.46. The van der Waals surface area contributed by atoms with Crippen molar-refractivity contribution in [3.8, 4) is 0 Å². The number of amides is 1. The maximum atomic E-state index is 11.1. The molecule has 4 nitrogen and oxygen atoms in total. The second kappa shape index (κ2) is 7.19. The lowest BCUT2D eigenvalue weighted by molar-refractivity contribution is -0.114. The van der Waals surface area contributed by atoms with Gasteiger partial charge in [-0.3, -0.25) is 4.79 Å². The predicted octanol–water partition coefficient (Wildman–Crippen LogP) is 3.80. The Labute approximate surface area is 118 Å². The van der Waals surface area contributed by atoms with Crippen molar-refractivity contribution in [3.05, 3.63) is 65.7 Å². The Kier molecular flexibility index (Phi) is 5.00. The smallest absolute Gasteiger partial charge is 0.221 e. The number of rotatable bonds is 5. The van der Waals surface area contributed by atoms with Crippen LogP contribution in [-0.4, -0.2) is 5.91 Å². The van der Waals surface area contributed by atoms with Crippen LogP contribution < -0.4 is 5.32 Å². The SMILES string of the molecule is CC(=O)Nc1ccccc1CN=NCc1ccccc1. The van der Waals surface area contributed by atoms with Gasteiger partial charge < -0.3 is 5.32 Å². The first-order chi connectivity index (χ1) is 9.75. The number of carbonyl (C=O) groups excluding carboxylic acids is 1. The van der Waals surface area contributed by atoms with Crippen LogP contribution in [0.2, 0.25) is 0 Å². The average molecular weight is 267 g/mol. The Balaban J connectivity index is 1.95. The molecule has 0 aromatic heterocycles. The number of hydrogen-bond donors (Lipinski definition) is 1. The summed E-state index contributed by atoms with van der Waals surface area (Å²) in [5, 5.41) is 11.1. The van der Waals surface area contributed by atoms with E-state index in [9.17, 15) is 4.79 Å². The third kappa shape index (κ3) is 4.31. The summed E-state index contributed by atoms with van der Waals surface area (Å²) in [4.78, 5) is 11.1. The fraction of sp³-hybridized carbons (Fsp3) is 0.188. The molecule has 0 saturated carbocycles. The lowest BCUT2D eigenvalue weighted by Gasteiger charge is -2.06. The van der Waals surface area contributed by atoms with E-state index in [1.54, 1.807) is 0 Å². The molecule has 1 amide bonds. The Bertz CT molecular complexity index is 594. The monoisotopic (exact) mass is 267 g/mol. The molecule has 0 aliphatic heterocycles.